The van der Waals surface area contributed by atoms with Gasteiger partial charge in [-0.05, 0) is 156 Å². The van der Waals surface area contributed by atoms with Gasteiger partial charge in [-0.1, -0.05) is 229 Å². The molecule has 2 aliphatic heterocycles. The summed E-state index contributed by atoms with van der Waals surface area (Å²) in [6.07, 6.45) is -24.8. The standard InChI is InChI=1S/C98H64F12N4O10/c1-51-19-11-27-57(39-51)61-31-15-35-65(43-61)121-73-47-69-77-70(90(118)113(89(69)117)85(55-23-7-5-8-24-55)87(115)111-93(95(99,100)101)96(102,103)104)49-75(123-67-37-17-33-63(45-67)59-29-13-21-53(3)41-59)81-82-76(124-68-38-18-34-64(46-68)60-30-14-22-54(4)42-60)50-72-78-71(91(119)114(92(72)120)86(56-25-9-6-10-26-56)88(116)112-94(97(105,106)107)98(108,109)110)48-74(80(84(78)82)79(73)83(77)81)122-66-36-16-32-62(44-66)58-28-12-20-52(2)40-58/h5-50,85-86,93-94H,1-4H3,(H,111,115)(H,112,116). The van der Waals surface area contributed by atoms with E-state index in [0.717, 1.165) is 81.4 Å². The van der Waals surface area contributed by atoms with Gasteiger partial charge in [0.25, 0.3) is 23.6 Å². The number of hydrogen-bond acceptors (Lipinski definition) is 10. The highest BCUT2D eigenvalue weighted by molar-refractivity contribution is 6.45. The minimum Gasteiger partial charge on any atom is -0.457 e. The summed E-state index contributed by atoms with van der Waals surface area (Å²) >= 11 is 0. The molecule has 2 heterocycles. The first-order valence-corrected chi connectivity index (χ1v) is 38.6. The van der Waals surface area contributed by atoms with E-state index < -0.39 is 141 Å². The molecule has 620 valence electrons. The molecule has 2 N–H and O–H groups in total. The maximum Gasteiger partial charge on any atom is 0.417 e. The maximum absolute atomic E-state index is 16.7. The lowest BCUT2D eigenvalue weighted by Gasteiger charge is -2.36. The number of aryl methyl sites for hydroxylation is 4. The molecule has 26 heteroatoms. The third-order valence-electron chi connectivity index (χ3n) is 21.7. The zero-order valence-corrected chi connectivity index (χ0v) is 65.4. The van der Waals surface area contributed by atoms with Gasteiger partial charge < -0.3 is 29.6 Å². The highest BCUT2D eigenvalue weighted by atomic mass is 19.4. The Bertz CT molecular complexity index is 6150. The zero-order chi connectivity index (χ0) is 87.3. The van der Waals surface area contributed by atoms with Crippen molar-refractivity contribution in [2.45, 2.75) is 76.6 Å². The highest BCUT2D eigenvalue weighted by Gasteiger charge is 2.60. The van der Waals surface area contributed by atoms with Crippen molar-refractivity contribution in [1.82, 2.24) is 20.4 Å². The van der Waals surface area contributed by atoms with Crippen LogP contribution >= 0.6 is 0 Å². The van der Waals surface area contributed by atoms with Crippen molar-refractivity contribution in [2.24, 2.45) is 0 Å². The van der Waals surface area contributed by atoms with Crippen LogP contribution in [0.5, 0.6) is 46.0 Å². The van der Waals surface area contributed by atoms with E-state index >= 15 is 28.8 Å². The summed E-state index contributed by atoms with van der Waals surface area (Å²) in [6, 6.07) is 57.8. The number of benzene rings is 15. The van der Waals surface area contributed by atoms with Crippen LogP contribution in [0.25, 0.3) is 87.6 Å². The van der Waals surface area contributed by atoms with E-state index in [9.17, 15) is 52.7 Å². The molecule has 2 atom stereocenters. The number of hydrogen-bond donors (Lipinski definition) is 2. The van der Waals surface area contributed by atoms with Gasteiger partial charge in [-0.3, -0.25) is 38.6 Å². The van der Waals surface area contributed by atoms with E-state index in [1.54, 1.807) is 97.1 Å². The minimum absolute atomic E-state index is 0.0177. The van der Waals surface area contributed by atoms with Crippen molar-refractivity contribution < 1.29 is 100 Å². The van der Waals surface area contributed by atoms with E-state index in [4.69, 9.17) is 18.9 Å². The molecule has 2 unspecified atom stereocenters. The monoisotopic (exact) mass is 1680 g/mol. The Balaban J connectivity index is 1.05. The summed E-state index contributed by atoms with van der Waals surface area (Å²) in [5.41, 5.74) is 4.89. The number of ether oxygens (including phenoxy) is 4. The molecule has 124 heavy (non-hydrogen) atoms. The summed E-state index contributed by atoms with van der Waals surface area (Å²) in [5.74, 6) is -11.9. The molecule has 17 rings (SSSR count). The molecular formula is C98H64F12N4O10. The van der Waals surface area contributed by atoms with Gasteiger partial charge in [0, 0.05) is 43.1 Å². The quantitative estimate of drug-likeness (QED) is 0.0324. The van der Waals surface area contributed by atoms with E-state index in [0.29, 0.717) is 44.5 Å². The lowest BCUT2D eigenvalue weighted by atomic mass is 9.80. The third-order valence-corrected chi connectivity index (χ3v) is 21.7. The lowest BCUT2D eigenvalue weighted by molar-refractivity contribution is -0.259. The number of nitrogens with one attached hydrogen (secondary N) is 2. The lowest BCUT2D eigenvalue weighted by Crippen LogP contribution is -2.58. The van der Waals surface area contributed by atoms with Gasteiger partial charge in [-0.15, -0.1) is 0 Å². The smallest absolute Gasteiger partial charge is 0.417 e. The Kier molecular flexibility index (Phi) is 20.6. The first-order chi connectivity index (χ1) is 59.1. The largest absolute Gasteiger partial charge is 0.457 e. The molecule has 0 fully saturated rings. The van der Waals surface area contributed by atoms with Crippen molar-refractivity contribution >= 4 is 78.5 Å². The zero-order valence-electron chi connectivity index (χ0n) is 65.4. The van der Waals surface area contributed by atoms with Crippen molar-refractivity contribution in [1.29, 1.82) is 0 Å². The third kappa shape index (κ3) is 15.3. The number of carbonyl (C=O) groups is 6. The van der Waals surface area contributed by atoms with Crippen LogP contribution in [0.2, 0.25) is 0 Å². The van der Waals surface area contributed by atoms with E-state index in [1.807, 2.05) is 100 Å². The maximum atomic E-state index is 16.7. The fourth-order valence-corrected chi connectivity index (χ4v) is 16.3. The van der Waals surface area contributed by atoms with Crippen molar-refractivity contribution in [2.75, 3.05) is 0 Å². The second-order valence-electron chi connectivity index (χ2n) is 30.3. The second-order valence-corrected chi connectivity index (χ2v) is 30.3. The number of alkyl halides is 12. The van der Waals surface area contributed by atoms with Gasteiger partial charge in [0.15, 0.2) is 0 Å². The average molecular weight is 1690 g/mol. The van der Waals surface area contributed by atoms with Crippen LogP contribution in [0.15, 0.2) is 279 Å². The Morgan fingerprint density at radius 1 is 0.266 bits per heavy atom. The number of halogens is 12. The van der Waals surface area contributed by atoms with Crippen LogP contribution in [-0.2, 0) is 9.59 Å². The van der Waals surface area contributed by atoms with Crippen LogP contribution < -0.4 is 29.6 Å². The second kappa shape index (κ2) is 31.3. The molecule has 0 saturated heterocycles. The van der Waals surface area contributed by atoms with E-state index in [1.165, 1.54) is 60.7 Å². The van der Waals surface area contributed by atoms with Crippen molar-refractivity contribution in [3.8, 4) is 90.5 Å². The molecular weight excluding hydrogens is 1620 g/mol. The van der Waals surface area contributed by atoms with Crippen LogP contribution in [-0.4, -0.2) is 82.0 Å². The molecule has 0 aromatic heterocycles. The summed E-state index contributed by atoms with van der Waals surface area (Å²) < 4.78 is 207. The molecule has 14 nitrogen and oxygen atoms in total. The van der Waals surface area contributed by atoms with E-state index in [2.05, 4.69) is 0 Å². The Morgan fingerprint density at radius 3 is 0.702 bits per heavy atom. The summed E-state index contributed by atoms with van der Waals surface area (Å²) in [4.78, 5) is 97.5. The number of rotatable bonds is 20. The van der Waals surface area contributed by atoms with Crippen LogP contribution in [0.4, 0.5) is 52.7 Å². The fraction of sp³-hybridized carbons (Fsp3) is 0.122. The predicted molar refractivity (Wildman–Crippen MR) is 442 cm³/mol. The number of carbonyl (C=O) groups excluding carboxylic acids is 6. The topological polar surface area (TPSA) is 170 Å². The van der Waals surface area contributed by atoms with Gasteiger partial charge in [-0.2, -0.15) is 52.7 Å². The van der Waals surface area contributed by atoms with Crippen LogP contribution in [0.1, 0.15) is 86.9 Å². The summed E-state index contributed by atoms with van der Waals surface area (Å²) in [7, 11) is 0. The van der Waals surface area contributed by atoms with Gasteiger partial charge in [-0.25, -0.2) is 0 Å². The molecule has 2 aliphatic rings. The van der Waals surface area contributed by atoms with E-state index in [-0.39, 0.29) is 75.9 Å². The van der Waals surface area contributed by atoms with Gasteiger partial charge in [0.1, 0.15) is 58.1 Å². The number of fused-ring (bicyclic) bond motifs is 2. The molecule has 0 bridgehead atoms. The Morgan fingerprint density at radius 2 is 0.484 bits per heavy atom. The first-order valence-electron chi connectivity index (χ1n) is 38.6. The molecule has 0 aliphatic carbocycles. The molecule has 6 amide bonds. The Hall–Kier alpha value is -14.8. The van der Waals surface area contributed by atoms with Gasteiger partial charge in [0.05, 0.1) is 22.3 Å². The van der Waals surface area contributed by atoms with Gasteiger partial charge in [0.2, 0.25) is 23.9 Å². The first kappa shape index (κ1) is 81.5. The summed E-state index contributed by atoms with van der Waals surface area (Å²) in [5, 5.41) is 0.217. The molecule has 15 aromatic carbocycles. The molecule has 15 aromatic rings. The van der Waals surface area contributed by atoms with Crippen LogP contribution in [0, 0.1) is 27.7 Å². The molecule has 0 spiro atoms. The molecule has 0 saturated carbocycles. The SMILES string of the molecule is Cc1cccc(-c2cccc(Oc3cc4c5c(cc(Oc6cccc(-c7cccc(C)c7)c6)c6c7c(Oc8cccc(-c9cccc(C)c9)c8)cc8c9c(cc(Oc%10cccc(-c%11cccc(C)c%11)c%10)c(c3c56)c97)C(=O)N(C(C(=O)NC(C(F)(F)F)C(F)(F)F)c3ccccc3)C8=O)C(=O)N(C(C(=O)NC(C(F)(F)F)C(F)(F)F)c3ccccc3)C4=O)c2)c1. The van der Waals surface area contributed by atoms with Crippen molar-refractivity contribution in [3.05, 3.63) is 335 Å². The molecule has 0 radical (unpaired) electrons. The average Bonchev–Trinajstić information content (AvgIpc) is 0.669. The predicted octanol–water partition coefficient (Wildman–Crippen LogP) is 24.7. The fourth-order valence-electron chi connectivity index (χ4n) is 16.3. The minimum atomic E-state index is -6.21. The normalized spacial score (nSPS) is 13.7. The Labute approximate surface area is 697 Å². The number of nitrogens with zero attached hydrogens (tertiary/aromatic N) is 2. The number of imide groups is 2. The number of amides is 6. The van der Waals surface area contributed by atoms with Crippen molar-refractivity contribution in [3.63, 3.8) is 0 Å². The summed E-state index contributed by atoms with van der Waals surface area (Å²) in [6.45, 7) is 7.43. The van der Waals surface area contributed by atoms with Crippen LogP contribution in [0.3, 0.4) is 0 Å². The van der Waals surface area contributed by atoms with Gasteiger partial charge >= 0.3 is 24.7 Å². The highest BCUT2D eigenvalue weighted by Crippen LogP contribution is 2.59.